The summed E-state index contributed by atoms with van der Waals surface area (Å²) in [4.78, 5) is 4.57. The number of nitrogens with zero attached hydrogens (tertiary/aromatic N) is 2. The highest BCUT2D eigenvalue weighted by atomic mass is 32.1. The first-order chi connectivity index (χ1) is 8.85. The van der Waals surface area contributed by atoms with Gasteiger partial charge in [0.1, 0.15) is 5.82 Å². The van der Waals surface area contributed by atoms with Gasteiger partial charge >= 0.3 is 0 Å². The van der Waals surface area contributed by atoms with E-state index in [1.807, 2.05) is 0 Å². The molecule has 1 aromatic heterocycles. The van der Waals surface area contributed by atoms with Crippen molar-refractivity contribution in [2.75, 3.05) is 11.9 Å². The van der Waals surface area contributed by atoms with Crippen molar-refractivity contribution in [2.45, 2.75) is 64.3 Å². The molecule has 19 heavy (non-hydrogen) atoms. The zero-order chi connectivity index (χ0) is 14.1. The maximum atomic E-state index is 9.75. The van der Waals surface area contributed by atoms with Gasteiger partial charge in [0.05, 0.1) is 12.1 Å². The molecule has 0 saturated heterocycles. The molecule has 5 heteroatoms. The predicted octanol–water partition coefficient (Wildman–Crippen LogP) is 3.19. The Bertz CT molecular complexity index is 417. The molecule has 1 aliphatic carbocycles. The average Bonchev–Trinajstić information content (AvgIpc) is 2.81. The van der Waals surface area contributed by atoms with Crippen LogP contribution in [-0.2, 0) is 5.41 Å². The zero-order valence-electron chi connectivity index (χ0n) is 12.4. The summed E-state index contributed by atoms with van der Waals surface area (Å²) in [6.45, 7) is 8.79. The van der Waals surface area contributed by atoms with E-state index in [0.29, 0.717) is 0 Å². The lowest BCUT2D eigenvalue weighted by atomic mass is 9.78. The SMILES string of the molecule is CC1CCC(CO)(Nc2nc(C(C)(C)C)ns2)CC1. The van der Waals surface area contributed by atoms with Crippen molar-refractivity contribution in [3.05, 3.63) is 5.82 Å². The molecule has 2 N–H and O–H groups in total. The van der Waals surface area contributed by atoms with E-state index in [1.165, 1.54) is 24.4 Å². The summed E-state index contributed by atoms with van der Waals surface area (Å²) < 4.78 is 4.42. The largest absolute Gasteiger partial charge is 0.394 e. The van der Waals surface area contributed by atoms with Gasteiger partial charge < -0.3 is 10.4 Å². The fraction of sp³-hybridized carbons (Fsp3) is 0.857. The number of anilines is 1. The lowest BCUT2D eigenvalue weighted by molar-refractivity contribution is 0.155. The average molecular weight is 283 g/mol. The third-order valence-electron chi connectivity index (χ3n) is 4.00. The van der Waals surface area contributed by atoms with Gasteiger partial charge in [-0.3, -0.25) is 0 Å². The van der Waals surface area contributed by atoms with E-state index in [-0.39, 0.29) is 17.6 Å². The second-order valence-corrected chi connectivity index (χ2v) is 7.67. The van der Waals surface area contributed by atoms with Crippen LogP contribution in [0.25, 0.3) is 0 Å². The molecule has 1 aromatic rings. The number of hydrogen-bond donors (Lipinski definition) is 2. The van der Waals surface area contributed by atoms with Crippen LogP contribution < -0.4 is 5.32 Å². The molecule has 1 aliphatic rings. The topological polar surface area (TPSA) is 58.0 Å². The van der Waals surface area contributed by atoms with Crippen molar-refractivity contribution in [2.24, 2.45) is 5.92 Å². The molecule has 0 bridgehead atoms. The van der Waals surface area contributed by atoms with Crippen LogP contribution in [0.1, 0.15) is 59.2 Å². The monoisotopic (exact) mass is 283 g/mol. The molecular formula is C14H25N3OS. The number of aromatic nitrogens is 2. The van der Waals surface area contributed by atoms with Crippen LogP contribution in [0.2, 0.25) is 0 Å². The molecule has 2 rings (SSSR count). The Labute approximate surface area is 119 Å². The quantitative estimate of drug-likeness (QED) is 0.894. The van der Waals surface area contributed by atoms with Crippen molar-refractivity contribution >= 4 is 16.7 Å². The Kier molecular flexibility index (Phi) is 4.16. The molecule has 0 radical (unpaired) electrons. The number of aliphatic hydroxyl groups excluding tert-OH is 1. The minimum absolute atomic E-state index is 0.0239. The summed E-state index contributed by atoms with van der Waals surface area (Å²) in [5.74, 6) is 1.64. The highest BCUT2D eigenvalue weighted by molar-refractivity contribution is 7.09. The molecule has 108 valence electrons. The van der Waals surface area contributed by atoms with E-state index in [1.54, 1.807) is 0 Å². The summed E-state index contributed by atoms with van der Waals surface area (Å²) in [5, 5.41) is 14.0. The Morgan fingerprint density at radius 3 is 2.47 bits per heavy atom. The van der Waals surface area contributed by atoms with Crippen molar-refractivity contribution < 1.29 is 5.11 Å². The number of rotatable bonds is 3. The lowest BCUT2D eigenvalue weighted by Crippen LogP contribution is -2.45. The van der Waals surface area contributed by atoms with Gasteiger partial charge in [-0.2, -0.15) is 4.37 Å². The Balaban J connectivity index is 2.08. The maximum absolute atomic E-state index is 9.75. The Hall–Kier alpha value is -0.680. The van der Waals surface area contributed by atoms with E-state index in [2.05, 4.69) is 42.4 Å². The first-order valence-corrected chi connectivity index (χ1v) is 7.85. The summed E-state index contributed by atoms with van der Waals surface area (Å²) in [7, 11) is 0. The Morgan fingerprint density at radius 1 is 1.37 bits per heavy atom. The van der Waals surface area contributed by atoms with E-state index in [9.17, 15) is 5.11 Å². The van der Waals surface area contributed by atoms with Crippen molar-refractivity contribution in [1.29, 1.82) is 0 Å². The molecule has 1 fully saturated rings. The van der Waals surface area contributed by atoms with E-state index < -0.39 is 0 Å². The van der Waals surface area contributed by atoms with Gasteiger partial charge in [-0.05, 0) is 31.6 Å². The fourth-order valence-corrected chi connectivity index (χ4v) is 3.32. The third kappa shape index (κ3) is 3.45. The minimum Gasteiger partial charge on any atom is -0.394 e. The highest BCUT2D eigenvalue weighted by Gasteiger charge is 2.34. The molecule has 0 atom stereocenters. The van der Waals surface area contributed by atoms with Crippen LogP contribution in [0, 0.1) is 5.92 Å². The van der Waals surface area contributed by atoms with Gasteiger partial charge in [0.25, 0.3) is 0 Å². The van der Waals surface area contributed by atoms with Gasteiger partial charge in [0.2, 0.25) is 5.13 Å². The summed E-state index contributed by atoms with van der Waals surface area (Å²) in [6.07, 6.45) is 4.35. The zero-order valence-corrected chi connectivity index (χ0v) is 13.2. The molecule has 1 heterocycles. The van der Waals surface area contributed by atoms with Gasteiger partial charge in [0, 0.05) is 16.9 Å². The maximum Gasteiger partial charge on any atom is 0.203 e. The highest BCUT2D eigenvalue weighted by Crippen LogP contribution is 2.35. The van der Waals surface area contributed by atoms with Crippen LogP contribution in [0.3, 0.4) is 0 Å². The van der Waals surface area contributed by atoms with Crippen LogP contribution in [0.4, 0.5) is 5.13 Å². The first kappa shape index (κ1) is 14.7. The van der Waals surface area contributed by atoms with Gasteiger partial charge in [-0.1, -0.05) is 27.7 Å². The summed E-state index contributed by atoms with van der Waals surface area (Å²) in [6, 6.07) is 0. The molecule has 0 unspecified atom stereocenters. The molecule has 0 aliphatic heterocycles. The van der Waals surface area contributed by atoms with Crippen LogP contribution in [0.5, 0.6) is 0 Å². The number of hydrogen-bond acceptors (Lipinski definition) is 5. The molecule has 1 saturated carbocycles. The molecule has 0 spiro atoms. The van der Waals surface area contributed by atoms with E-state index >= 15 is 0 Å². The number of nitrogens with one attached hydrogen (secondary N) is 1. The normalized spacial score (nSPS) is 28.4. The standard InChI is InChI=1S/C14H25N3OS/c1-10-5-7-14(9-18,8-6-10)16-12-15-11(17-19-12)13(2,3)4/h10,18H,5-9H2,1-4H3,(H,15,16,17). The van der Waals surface area contributed by atoms with Gasteiger partial charge in [-0.25, -0.2) is 4.98 Å². The molecular weight excluding hydrogens is 258 g/mol. The molecule has 4 nitrogen and oxygen atoms in total. The van der Waals surface area contributed by atoms with Crippen molar-refractivity contribution in [3.8, 4) is 0 Å². The molecule has 0 amide bonds. The third-order valence-corrected chi connectivity index (χ3v) is 4.63. The van der Waals surface area contributed by atoms with Gasteiger partial charge in [-0.15, -0.1) is 0 Å². The molecule has 0 aromatic carbocycles. The van der Waals surface area contributed by atoms with Crippen LogP contribution in [0.15, 0.2) is 0 Å². The predicted molar refractivity (Wildman–Crippen MR) is 79.7 cm³/mol. The lowest BCUT2D eigenvalue weighted by Gasteiger charge is -2.38. The van der Waals surface area contributed by atoms with Crippen LogP contribution in [-0.4, -0.2) is 26.6 Å². The second-order valence-electron chi connectivity index (χ2n) is 6.92. The summed E-state index contributed by atoms with van der Waals surface area (Å²) >= 11 is 1.40. The number of aliphatic hydroxyl groups is 1. The van der Waals surface area contributed by atoms with Crippen LogP contribution >= 0.6 is 11.5 Å². The summed E-state index contributed by atoms with van der Waals surface area (Å²) in [5.41, 5.74) is -0.217. The second kappa shape index (κ2) is 5.37. The minimum atomic E-state index is -0.193. The Morgan fingerprint density at radius 2 is 2.00 bits per heavy atom. The van der Waals surface area contributed by atoms with Gasteiger partial charge in [0.15, 0.2) is 0 Å². The fourth-order valence-electron chi connectivity index (χ4n) is 2.44. The van der Waals surface area contributed by atoms with E-state index in [0.717, 1.165) is 29.7 Å². The van der Waals surface area contributed by atoms with E-state index in [4.69, 9.17) is 0 Å². The van der Waals surface area contributed by atoms with Crippen molar-refractivity contribution in [3.63, 3.8) is 0 Å². The van der Waals surface area contributed by atoms with Crippen molar-refractivity contribution in [1.82, 2.24) is 9.36 Å². The first-order valence-electron chi connectivity index (χ1n) is 7.08. The smallest absolute Gasteiger partial charge is 0.203 e.